The molecule has 12 heavy (non-hydrogen) atoms. The number of oxime groups is 1. The van der Waals surface area contributed by atoms with Gasteiger partial charge in [0.2, 0.25) is 0 Å². The van der Waals surface area contributed by atoms with Crippen LogP contribution in [0, 0.1) is 0 Å². The van der Waals surface area contributed by atoms with Gasteiger partial charge < -0.3 is 4.84 Å². The topological polar surface area (TPSA) is 38.7 Å². The standard InChI is InChI=1S/C9H7NO2/c11-9-6-8(10-12-9)7-4-2-1-3-5-7/h1-5H,6H2. The lowest BCUT2D eigenvalue weighted by atomic mass is 10.1. The Morgan fingerprint density at radius 1 is 1.25 bits per heavy atom. The highest BCUT2D eigenvalue weighted by atomic mass is 16.7. The summed E-state index contributed by atoms with van der Waals surface area (Å²) in [5.74, 6) is -0.283. The van der Waals surface area contributed by atoms with E-state index in [2.05, 4.69) is 9.99 Å². The van der Waals surface area contributed by atoms with Gasteiger partial charge in [0, 0.05) is 0 Å². The van der Waals surface area contributed by atoms with E-state index >= 15 is 0 Å². The van der Waals surface area contributed by atoms with Crippen LogP contribution in [-0.2, 0) is 9.63 Å². The summed E-state index contributed by atoms with van der Waals surface area (Å²) in [6, 6.07) is 9.53. The summed E-state index contributed by atoms with van der Waals surface area (Å²) in [5.41, 5.74) is 1.66. The van der Waals surface area contributed by atoms with Crippen LogP contribution in [0.1, 0.15) is 12.0 Å². The number of hydrogen-bond donors (Lipinski definition) is 0. The van der Waals surface area contributed by atoms with Crippen molar-refractivity contribution >= 4 is 11.7 Å². The van der Waals surface area contributed by atoms with Crippen molar-refractivity contribution in [1.82, 2.24) is 0 Å². The number of carbonyl (C=O) groups is 1. The van der Waals surface area contributed by atoms with E-state index in [0.29, 0.717) is 5.71 Å². The average molecular weight is 161 g/mol. The minimum absolute atomic E-state index is 0.282. The normalized spacial score (nSPS) is 15.7. The van der Waals surface area contributed by atoms with Crippen LogP contribution in [0.25, 0.3) is 0 Å². The molecule has 0 saturated carbocycles. The first kappa shape index (κ1) is 7.03. The molecule has 0 bridgehead atoms. The molecule has 0 atom stereocenters. The number of nitrogens with zero attached hydrogens (tertiary/aromatic N) is 1. The SMILES string of the molecule is O=C1CC(c2ccccc2)=NO1. The molecule has 0 amide bonds. The highest BCUT2D eigenvalue weighted by molar-refractivity contribution is 6.11. The van der Waals surface area contributed by atoms with Gasteiger partial charge in [-0.25, -0.2) is 4.79 Å². The van der Waals surface area contributed by atoms with Crippen LogP contribution >= 0.6 is 0 Å². The smallest absolute Gasteiger partial charge is 0.318 e. The van der Waals surface area contributed by atoms with Crippen LogP contribution in [0.4, 0.5) is 0 Å². The first-order chi connectivity index (χ1) is 5.86. The zero-order chi connectivity index (χ0) is 8.39. The van der Waals surface area contributed by atoms with Crippen LogP contribution in [-0.4, -0.2) is 11.7 Å². The molecule has 2 rings (SSSR count). The van der Waals surface area contributed by atoms with E-state index in [1.54, 1.807) is 0 Å². The lowest BCUT2D eigenvalue weighted by molar-refractivity contribution is -0.140. The maximum absolute atomic E-state index is 10.7. The molecule has 0 saturated heterocycles. The predicted molar refractivity (Wildman–Crippen MR) is 43.7 cm³/mol. The van der Waals surface area contributed by atoms with Gasteiger partial charge in [0.25, 0.3) is 0 Å². The van der Waals surface area contributed by atoms with Gasteiger partial charge in [-0.3, -0.25) is 0 Å². The monoisotopic (exact) mass is 161 g/mol. The first-order valence-corrected chi connectivity index (χ1v) is 3.68. The van der Waals surface area contributed by atoms with Crippen molar-refractivity contribution in [3.63, 3.8) is 0 Å². The molecule has 1 aliphatic rings. The fraction of sp³-hybridized carbons (Fsp3) is 0.111. The van der Waals surface area contributed by atoms with Crippen molar-refractivity contribution in [1.29, 1.82) is 0 Å². The summed E-state index contributed by atoms with van der Waals surface area (Å²) < 4.78 is 0. The molecule has 0 fully saturated rings. The van der Waals surface area contributed by atoms with Crippen molar-refractivity contribution < 1.29 is 9.63 Å². The quantitative estimate of drug-likeness (QED) is 0.583. The maximum atomic E-state index is 10.7. The average Bonchev–Trinajstić information content (AvgIpc) is 2.54. The van der Waals surface area contributed by atoms with E-state index in [1.165, 1.54) is 0 Å². The molecule has 3 heteroatoms. The first-order valence-electron chi connectivity index (χ1n) is 3.68. The molecule has 0 N–H and O–H groups in total. The minimum atomic E-state index is -0.283. The molecular formula is C9H7NO2. The van der Waals surface area contributed by atoms with E-state index in [0.717, 1.165) is 5.56 Å². The summed E-state index contributed by atoms with van der Waals surface area (Å²) in [6.45, 7) is 0. The summed E-state index contributed by atoms with van der Waals surface area (Å²) in [7, 11) is 0. The van der Waals surface area contributed by atoms with E-state index in [9.17, 15) is 4.79 Å². The Morgan fingerprint density at radius 3 is 2.58 bits per heavy atom. The zero-order valence-corrected chi connectivity index (χ0v) is 6.36. The van der Waals surface area contributed by atoms with Crippen LogP contribution in [0.5, 0.6) is 0 Å². The van der Waals surface area contributed by atoms with Gasteiger partial charge in [0.1, 0.15) is 0 Å². The molecule has 0 unspecified atom stereocenters. The Kier molecular flexibility index (Phi) is 1.63. The second-order valence-electron chi connectivity index (χ2n) is 2.54. The van der Waals surface area contributed by atoms with Gasteiger partial charge in [0.05, 0.1) is 12.1 Å². The lowest BCUT2D eigenvalue weighted by Crippen LogP contribution is -1.99. The largest absolute Gasteiger partial charge is 0.341 e. The Morgan fingerprint density at radius 2 is 2.00 bits per heavy atom. The fourth-order valence-electron chi connectivity index (χ4n) is 1.09. The predicted octanol–water partition coefficient (Wildman–Crippen LogP) is 1.34. The summed E-state index contributed by atoms with van der Waals surface area (Å²) in [5, 5.41) is 3.65. The molecule has 0 spiro atoms. The summed E-state index contributed by atoms with van der Waals surface area (Å²) >= 11 is 0. The van der Waals surface area contributed by atoms with E-state index in [-0.39, 0.29) is 12.4 Å². The highest BCUT2D eigenvalue weighted by Gasteiger charge is 2.18. The molecule has 1 aromatic rings. The second-order valence-corrected chi connectivity index (χ2v) is 2.54. The Hall–Kier alpha value is -1.64. The van der Waals surface area contributed by atoms with E-state index in [4.69, 9.17) is 0 Å². The van der Waals surface area contributed by atoms with Crippen molar-refractivity contribution in [2.75, 3.05) is 0 Å². The third kappa shape index (κ3) is 1.21. The summed E-state index contributed by atoms with van der Waals surface area (Å²) in [6.07, 6.45) is 0.282. The zero-order valence-electron chi connectivity index (χ0n) is 6.36. The van der Waals surface area contributed by atoms with Gasteiger partial charge in [-0.05, 0) is 5.56 Å². The van der Waals surface area contributed by atoms with Crippen molar-refractivity contribution in [3.05, 3.63) is 35.9 Å². The molecule has 3 nitrogen and oxygen atoms in total. The lowest BCUT2D eigenvalue weighted by Gasteiger charge is -1.93. The Labute approximate surface area is 69.6 Å². The van der Waals surface area contributed by atoms with Gasteiger partial charge in [0.15, 0.2) is 0 Å². The number of benzene rings is 1. The maximum Gasteiger partial charge on any atom is 0.341 e. The minimum Gasteiger partial charge on any atom is -0.318 e. The van der Waals surface area contributed by atoms with E-state index < -0.39 is 0 Å². The van der Waals surface area contributed by atoms with Crippen molar-refractivity contribution in [3.8, 4) is 0 Å². The molecule has 60 valence electrons. The molecule has 0 aromatic heterocycles. The number of hydrogen-bond acceptors (Lipinski definition) is 3. The van der Waals surface area contributed by atoms with Gasteiger partial charge in [-0.2, -0.15) is 0 Å². The molecule has 1 heterocycles. The molecule has 0 radical (unpaired) electrons. The van der Waals surface area contributed by atoms with Gasteiger partial charge in [-0.1, -0.05) is 35.5 Å². The van der Waals surface area contributed by atoms with Gasteiger partial charge in [-0.15, -0.1) is 0 Å². The fourth-order valence-corrected chi connectivity index (χ4v) is 1.09. The molecule has 0 aliphatic carbocycles. The molecule has 1 aromatic carbocycles. The number of carbonyl (C=O) groups excluding carboxylic acids is 1. The third-order valence-corrected chi connectivity index (χ3v) is 1.68. The Bertz CT molecular complexity index is 330. The van der Waals surface area contributed by atoms with E-state index in [1.807, 2.05) is 30.3 Å². The van der Waals surface area contributed by atoms with Gasteiger partial charge >= 0.3 is 5.97 Å². The highest BCUT2D eigenvalue weighted by Crippen LogP contribution is 2.10. The van der Waals surface area contributed by atoms with Crippen LogP contribution in [0.15, 0.2) is 35.5 Å². The van der Waals surface area contributed by atoms with Crippen LogP contribution < -0.4 is 0 Å². The van der Waals surface area contributed by atoms with Crippen molar-refractivity contribution in [2.24, 2.45) is 5.16 Å². The molecule has 1 aliphatic heterocycles. The molecular weight excluding hydrogens is 154 g/mol. The summed E-state index contributed by atoms with van der Waals surface area (Å²) in [4.78, 5) is 15.2. The number of rotatable bonds is 1. The second kappa shape index (κ2) is 2.77. The van der Waals surface area contributed by atoms with Crippen LogP contribution in [0.2, 0.25) is 0 Å². The third-order valence-electron chi connectivity index (χ3n) is 1.68. The Balaban J connectivity index is 2.28. The van der Waals surface area contributed by atoms with Crippen LogP contribution in [0.3, 0.4) is 0 Å². The van der Waals surface area contributed by atoms with Crippen molar-refractivity contribution in [2.45, 2.75) is 6.42 Å².